The number of hydrogen-bond donors (Lipinski definition) is 0. The van der Waals surface area contributed by atoms with Gasteiger partial charge in [0.2, 0.25) is 0 Å². The lowest BCUT2D eigenvalue weighted by Gasteiger charge is -2.43. The summed E-state index contributed by atoms with van der Waals surface area (Å²) in [5.74, 6) is -1.61. The van der Waals surface area contributed by atoms with Crippen molar-refractivity contribution in [3.05, 3.63) is 35.6 Å². The Morgan fingerprint density at radius 1 is 1.36 bits per heavy atom. The highest BCUT2D eigenvalue weighted by Crippen LogP contribution is 2.44. The van der Waals surface area contributed by atoms with Crippen molar-refractivity contribution in [2.24, 2.45) is 0 Å². The summed E-state index contributed by atoms with van der Waals surface area (Å²) in [5.41, 5.74) is -0.794. The predicted molar refractivity (Wildman–Crippen MR) is 46.9 cm³/mol. The molecule has 74 valence electrons. The van der Waals surface area contributed by atoms with Gasteiger partial charge in [-0.05, 0) is 24.5 Å². The maximum atomic E-state index is 13.4. The van der Waals surface area contributed by atoms with Crippen LogP contribution in [0.4, 0.5) is 4.39 Å². The van der Waals surface area contributed by atoms with Crippen LogP contribution in [0.5, 0.6) is 0 Å². The largest absolute Gasteiger partial charge is 0.549 e. The third kappa shape index (κ3) is 1.12. The van der Waals surface area contributed by atoms with Gasteiger partial charge in [0.05, 0.1) is 5.97 Å². The zero-order valence-electron chi connectivity index (χ0n) is 7.63. The Labute approximate surface area is 81.4 Å². The molecule has 2 nitrogen and oxygen atoms in total. The number of carbonyl (C=O) groups excluding carboxylic acids is 1. The molecule has 0 saturated heterocycles. The van der Waals surface area contributed by atoms with Crippen molar-refractivity contribution in [1.82, 2.24) is 0 Å². The number of aliphatic carboxylic acids is 1. The van der Waals surface area contributed by atoms with E-state index < -0.39 is 17.2 Å². The van der Waals surface area contributed by atoms with Gasteiger partial charge in [0.15, 0.2) is 0 Å². The Morgan fingerprint density at radius 2 is 2.00 bits per heavy atom. The fourth-order valence-electron chi connectivity index (χ4n) is 1.96. The Morgan fingerprint density at radius 3 is 2.43 bits per heavy atom. The number of carboxylic acid groups (broad SMARTS) is 1. The van der Waals surface area contributed by atoms with Gasteiger partial charge in [-0.3, -0.25) is 0 Å². The fraction of sp³-hybridized carbons (Fsp3) is 0.364. The number of halogens is 1. The van der Waals surface area contributed by atoms with Gasteiger partial charge in [0.25, 0.3) is 0 Å². The van der Waals surface area contributed by atoms with E-state index in [-0.39, 0.29) is 5.56 Å². The van der Waals surface area contributed by atoms with Crippen molar-refractivity contribution in [3.8, 4) is 0 Å². The van der Waals surface area contributed by atoms with E-state index in [1.165, 1.54) is 12.1 Å². The molecule has 1 aliphatic carbocycles. The van der Waals surface area contributed by atoms with E-state index >= 15 is 0 Å². The summed E-state index contributed by atoms with van der Waals surface area (Å²) in [4.78, 5) is 11.0. The third-order valence-electron chi connectivity index (χ3n) is 2.99. The van der Waals surface area contributed by atoms with Gasteiger partial charge in [-0.15, -0.1) is 0 Å². The zero-order valence-corrected chi connectivity index (χ0v) is 7.63. The van der Waals surface area contributed by atoms with Crippen LogP contribution < -0.4 is 5.11 Å². The van der Waals surface area contributed by atoms with Crippen LogP contribution in [0.25, 0.3) is 0 Å². The van der Waals surface area contributed by atoms with E-state index in [1.807, 2.05) is 0 Å². The molecule has 2 rings (SSSR count). The number of hydrogen-bond acceptors (Lipinski definition) is 2. The minimum Gasteiger partial charge on any atom is -0.549 e. The molecule has 1 saturated carbocycles. The van der Waals surface area contributed by atoms with E-state index in [1.54, 1.807) is 12.1 Å². The molecule has 0 aromatic heterocycles. The molecule has 1 aliphatic rings. The zero-order chi connectivity index (χ0) is 10.2. The monoisotopic (exact) mass is 193 g/mol. The highest BCUT2D eigenvalue weighted by Gasteiger charge is 2.41. The Kier molecular flexibility index (Phi) is 2.02. The standard InChI is InChI=1S/C11H11FO2/c12-9-5-2-1-4-8(9)11(10(13)14)6-3-7-11/h1-2,4-5H,3,6-7H2,(H,13,14)/p-1. The van der Waals surface area contributed by atoms with Crippen LogP contribution in [0, 0.1) is 5.82 Å². The summed E-state index contributed by atoms with van der Waals surface area (Å²) in [5, 5.41) is 11.0. The molecular formula is C11H10FO2-. The van der Waals surface area contributed by atoms with Crippen molar-refractivity contribution in [2.45, 2.75) is 24.7 Å². The Hall–Kier alpha value is -1.38. The molecule has 1 aromatic rings. The molecular weight excluding hydrogens is 183 g/mol. The van der Waals surface area contributed by atoms with Crippen molar-refractivity contribution in [2.75, 3.05) is 0 Å². The van der Waals surface area contributed by atoms with Crippen molar-refractivity contribution in [3.63, 3.8) is 0 Å². The lowest BCUT2D eigenvalue weighted by Crippen LogP contribution is -2.51. The first-order valence-corrected chi connectivity index (χ1v) is 4.63. The number of carboxylic acids is 1. The molecule has 0 N–H and O–H groups in total. The van der Waals surface area contributed by atoms with E-state index in [2.05, 4.69) is 0 Å². The van der Waals surface area contributed by atoms with Crippen LogP contribution in [0.3, 0.4) is 0 Å². The van der Waals surface area contributed by atoms with Gasteiger partial charge in [-0.1, -0.05) is 24.6 Å². The van der Waals surface area contributed by atoms with Crippen LogP contribution >= 0.6 is 0 Å². The van der Waals surface area contributed by atoms with Crippen LogP contribution in [-0.2, 0) is 10.2 Å². The first-order valence-electron chi connectivity index (χ1n) is 4.63. The average Bonchev–Trinajstić information content (AvgIpc) is 2.05. The second-order valence-corrected chi connectivity index (χ2v) is 3.70. The maximum absolute atomic E-state index is 13.4. The molecule has 0 spiro atoms. The van der Waals surface area contributed by atoms with Gasteiger partial charge in [0.1, 0.15) is 5.82 Å². The number of carbonyl (C=O) groups is 1. The molecule has 0 radical (unpaired) electrons. The molecule has 0 bridgehead atoms. The molecule has 0 aliphatic heterocycles. The summed E-state index contributed by atoms with van der Waals surface area (Å²) in [6.45, 7) is 0. The van der Waals surface area contributed by atoms with Gasteiger partial charge in [0, 0.05) is 5.41 Å². The fourth-order valence-corrected chi connectivity index (χ4v) is 1.96. The van der Waals surface area contributed by atoms with Gasteiger partial charge in [-0.2, -0.15) is 0 Å². The van der Waals surface area contributed by atoms with Crippen molar-refractivity contribution >= 4 is 5.97 Å². The molecule has 0 heterocycles. The van der Waals surface area contributed by atoms with Gasteiger partial charge in [-0.25, -0.2) is 4.39 Å². The highest BCUT2D eigenvalue weighted by molar-refractivity contribution is 5.80. The second kappa shape index (κ2) is 3.08. The molecule has 0 amide bonds. The molecule has 0 atom stereocenters. The smallest absolute Gasteiger partial charge is 0.127 e. The number of rotatable bonds is 2. The molecule has 3 heteroatoms. The predicted octanol–water partition coefficient (Wildman–Crippen LogP) is 0.997. The SMILES string of the molecule is O=C([O-])C1(c2ccccc2F)CCC1. The van der Waals surface area contributed by atoms with Crippen LogP contribution in [0.2, 0.25) is 0 Å². The highest BCUT2D eigenvalue weighted by atomic mass is 19.1. The third-order valence-corrected chi connectivity index (χ3v) is 2.99. The summed E-state index contributed by atoms with van der Waals surface area (Å²) < 4.78 is 13.4. The molecule has 14 heavy (non-hydrogen) atoms. The minimum atomic E-state index is -1.16. The van der Waals surface area contributed by atoms with Gasteiger partial charge < -0.3 is 9.90 Å². The van der Waals surface area contributed by atoms with E-state index in [0.717, 1.165) is 6.42 Å². The summed E-state index contributed by atoms with van der Waals surface area (Å²) >= 11 is 0. The summed E-state index contributed by atoms with van der Waals surface area (Å²) in [6.07, 6.45) is 1.79. The van der Waals surface area contributed by atoms with Crippen LogP contribution in [-0.4, -0.2) is 5.97 Å². The van der Waals surface area contributed by atoms with Crippen molar-refractivity contribution in [1.29, 1.82) is 0 Å². The Balaban J connectivity index is 2.47. The van der Waals surface area contributed by atoms with E-state index in [0.29, 0.717) is 12.8 Å². The maximum Gasteiger partial charge on any atom is 0.127 e. The summed E-state index contributed by atoms with van der Waals surface area (Å²) in [7, 11) is 0. The Bertz CT molecular complexity index is 369. The van der Waals surface area contributed by atoms with Crippen LogP contribution in [0.1, 0.15) is 24.8 Å². The van der Waals surface area contributed by atoms with Crippen molar-refractivity contribution < 1.29 is 14.3 Å². The topological polar surface area (TPSA) is 40.1 Å². The quantitative estimate of drug-likeness (QED) is 0.702. The average molecular weight is 193 g/mol. The first kappa shape index (κ1) is 9.19. The molecule has 1 fully saturated rings. The second-order valence-electron chi connectivity index (χ2n) is 3.70. The summed E-state index contributed by atoms with van der Waals surface area (Å²) in [6, 6.07) is 6.03. The minimum absolute atomic E-state index is 0.270. The van der Waals surface area contributed by atoms with E-state index in [4.69, 9.17) is 0 Å². The normalized spacial score (nSPS) is 18.6. The van der Waals surface area contributed by atoms with E-state index in [9.17, 15) is 14.3 Å². The molecule has 1 aromatic carbocycles. The lowest BCUT2D eigenvalue weighted by atomic mass is 9.64. The lowest BCUT2D eigenvalue weighted by molar-refractivity contribution is -0.317. The van der Waals surface area contributed by atoms with Crippen LogP contribution in [0.15, 0.2) is 24.3 Å². The number of benzene rings is 1. The van der Waals surface area contributed by atoms with Gasteiger partial charge >= 0.3 is 0 Å². The molecule has 0 unspecified atom stereocenters. The first-order chi connectivity index (χ1) is 6.67.